The number of likely N-dealkylation sites (tertiary alicyclic amines) is 1. The summed E-state index contributed by atoms with van der Waals surface area (Å²) < 4.78 is 32.9. The van der Waals surface area contributed by atoms with Gasteiger partial charge in [-0.1, -0.05) is 0 Å². The Morgan fingerprint density at radius 1 is 1.00 bits per heavy atom. The van der Waals surface area contributed by atoms with E-state index in [0.717, 1.165) is 12.8 Å². The molecule has 0 radical (unpaired) electrons. The number of carbonyl (C=O) groups is 2. The highest BCUT2D eigenvalue weighted by atomic mass is 32.2. The van der Waals surface area contributed by atoms with Gasteiger partial charge in [0.2, 0.25) is 15.9 Å². The van der Waals surface area contributed by atoms with Crippen LogP contribution in [0.1, 0.15) is 36.2 Å². The van der Waals surface area contributed by atoms with Crippen molar-refractivity contribution in [3.8, 4) is 0 Å². The van der Waals surface area contributed by atoms with Gasteiger partial charge in [-0.25, -0.2) is 8.42 Å². The molecule has 0 spiro atoms. The molecule has 29 heavy (non-hydrogen) atoms. The molecule has 4 rings (SSSR count). The van der Waals surface area contributed by atoms with Gasteiger partial charge in [-0.3, -0.25) is 9.59 Å². The number of sulfonamides is 1. The van der Waals surface area contributed by atoms with Crippen LogP contribution in [0.5, 0.6) is 0 Å². The maximum absolute atomic E-state index is 13.1. The minimum atomic E-state index is -3.76. The number of aromatic amines is 1. The van der Waals surface area contributed by atoms with Crippen LogP contribution in [0, 0.1) is 5.92 Å². The Morgan fingerprint density at radius 2 is 1.72 bits per heavy atom. The smallest absolute Gasteiger partial charge is 0.270 e. The van der Waals surface area contributed by atoms with Gasteiger partial charge in [-0.2, -0.15) is 4.31 Å². The Bertz CT molecular complexity index is 856. The van der Waals surface area contributed by atoms with Crippen LogP contribution < -0.4 is 0 Å². The van der Waals surface area contributed by atoms with Gasteiger partial charge in [0.1, 0.15) is 10.6 Å². The van der Waals surface area contributed by atoms with E-state index in [-0.39, 0.29) is 29.2 Å². The summed E-state index contributed by atoms with van der Waals surface area (Å²) in [6.07, 6.45) is 4.66. The molecule has 0 bridgehead atoms. The van der Waals surface area contributed by atoms with E-state index >= 15 is 0 Å². The van der Waals surface area contributed by atoms with Crippen molar-refractivity contribution in [2.45, 2.75) is 30.6 Å². The minimum absolute atomic E-state index is 0.00664. The third-order valence-electron chi connectivity index (χ3n) is 5.97. The zero-order valence-electron chi connectivity index (χ0n) is 16.5. The minimum Gasteiger partial charge on any atom is -0.378 e. The number of H-pyrrole nitrogens is 1. The monoisotopic (exact) mass is 424 g/mol. The number of piperidine rings is 1. The zero-order valence-corrected chi connectivity index (χ0v) is 17.3. The fourth-order valence-corrected chi connectivity index (χ4v) is 5.81. The van der Waals surface area contributed by atoms with Gasteiger partial charge < -0.3 is 19.5 Å². The molecule has 3 aliphatic rings. The highest BCUT2D eigenvalue weighted by Crippen LogP contribution is 2.26. The lowest BCUT2D eigenvalue weighted by Gasteiger charge is -2.35. The van der Waals surface area contributed by atoms with E-state index in [4.69, 9.17) is 4.74 Å². The Balaban J connectivity index is 1.45. The number of nitrogens with zero attached hydrogens (tertiary/aromatic N) is 3. The lowest BCUT2D eigenvalue weighted by Crippen LogP contribution is -2.49. The first-order valence-electron chi connectivity index (χ1n) is 10.3. The molecule has 0 aromatic carbocycles. The summed E-state index contributed by atoms with van der Waals surface area (Å²) in [5, 5.41) is 0. The molecule has 4 heterocycles. The zero-order chi connectivity index (χ0) is 20.4. The van der Waals surface area contributed by atoms with Gasteiger partial charge in [0.25, 0.3) is 5.91 Å². The van der Waals surface area contributed by atoms with Crippen LogP contribution in [0.4, 0.5) is 0 Å². The standard InChI is InChI=1S/C19H28N4O5S/c24-18(22-8-10-28-11-9-22)15-4-3-7-23(14-15)29(26,27)16-12-17(20-13-16)19(25)21-5-1-2-6-21/h12-13,15,20H,1-11,14H2. The van der Waals surface area contributed by atoms with Crippen LogP contribution in [0.25, 0.3) is 0 Å². The fourth-order valence-electron chi connectivity index (χ4n) is 4.29. The first-order valence-corrected chi connectivity index (χ1v) is 11.8. The highest BCUT2D eigenvalue weighted by Gasteiger charge is 2.36. The van der Waals surface area contributed by atoms with Crippen molar-refractivity contribution in [2.24, 2.45) is 5.92 Å². The lowest BCUT2D eigenvalue weighted by atomic mass is 9.98. The fraction of sp³-hybridized carbons (Fsp3) is 0.684. The van der Waals surface area contributed by atoms with Crippen molar-refractivity contribution in [1.82, 2.24) is 19.1 Å². The number of aromatic nitrogens is 1. The molecule has 0 saturated carbocycles. The number of carbonyl (C=O) groups excluding carboxylic acids is 2. The Morgan fingerprint density at radius 3 is 2.45 bits per heavy atom. The average molecular weight is 425 g/mol. The van der Waals surface area contributed by atoms with Crippen LogP contribution in [0.15, 0.2) is 17.2 Å². The molecule has 2 amide bonds. The number of hydrogen-bond acceptors (Lipinski definition) is 5. The summed E-state index contributed by atoms with van der Waals surface area (Å²) in [6.45, 7) is 4.14. The first-order chi connectivity index (χ1) is 14.0. The number of rotatable bonds is 4. The number of ether oxygens (including phenoxy) is 1. The van der Waals surface area contributed by atoms with E-state index in [1.54, 1.807) is 9.80 Å². The van der Waals surface area contributed by atoms with Gasteiger partial charge in [-0.15, -0.1) is 0 Å². The van der Waals surface area contributed by atoms with Gasteiger partial charge in [0, 0.05) is 45.5 Å². The quantitative estimate of drug-likeness (QED) is 0.759. The van der Waals surface area contributed by atoms with Crippen LogP contribution >= 0.6 is 0 Å². The first kappa shape index (κ1) is 20.4. The van der Waals surface area contributed by atoms with Crippen molar-refractivity contribution in [3.63, 3.8) is 0 Å². The molecule has 3 fully saturated rings. The van der Waals surface area contributed by atoms with Gasteiger partial charge in [-0.05, 0) is 31.7 Å². The average Bonchev–Trinajstić information content (AvgIpc) is 3.46. The lowest BCUT2D eigenvalue weighted by molar-refractivity contribution is -0.140. The maximum atomic E-state index is 13.1. The maximum Gasteiger partial charge on any atom is 0.270 e. The second-order valence-electron chi connectivity index (χ2n) is 7.89. The van der Waals surface area contributed by atoms with Gasteiger partial charge >= 0.3 is 0 Å². The van der Waals surface area contributed by atoms with Crippen molar-refractivity contribution < 1.29 is 22.7 Å². The molecule has 1 unspecified atom stereocenters. The molecule has 1 aromatic heterocycles. The molecular weight excluding hydrogens is 396 g/mol. The Hall–Kier alpha value is -1.91. The topological polar surface area (TPSA) is 103 Å². The predicted molar refractivity (Wildman–Crippen MR) is 105 cm³/mol. The summed E-state index contributed by atoms with van der Waals surface area (Å²) in [5.41, 5.74) is 0.295. The summed E-state index contributed by atoms with van der Waals surface area (Å²) >= 11 is 0. The largest absolute Gasteiger partial charge is 0.378 e. The molecule has 1 aromatic rings. The third-order valence-corrected chi connectivity index (χ3v) is 7.82. The van der Waals surface area contributed by atoms with E-state index < -0.39 is 10.0 Å². The van der Waals surface area contributed by atoms with Crippen LogP contribution in [0.2, 0.25) is 0 Å². The van der Waals surface area contributed by atoms with E-state index in [0.29, 0.717) is 64.5 Å². The normalized spacial score (nSPS) is 24.1. The van der Waals surface area contributed by atoms with Crippen molar-refractivity contribution in [1.29, 1.82) is 0 Å². The van der Waals surface area contributed by atoms with E-state index in [9.17, 15) is 18.0 Å². The number of nitrogens with one attached hydrogen (secondary N) is 1. The number of morpholine rings is 1. The molecule has 3 aliphatic heterocycles. The second-order valence-corrected chi connectivity index (χ2v) is 9.83. The molecular formula is C19H28N4O5S. The van der Waals surface area contributed by atoms with Crippen molar-refractivity contribution >= 4 is 21.8 Å². The molecule has 3 saturated heterocycles. The molecule has 1 atom stereocenters. The van der Waals surface area contributed by atoms with Crippen molar-refractivity contribution in [3.05, 3.63) is 18.0 Å². The van der Waals surface area contributed by atoms with Gasteiger partial charge in [0.05, 0.1) is 19.1 Å². The van der Waals surface area contributed by atoms with Crippen molar-refractivity contribution in [2.75, 3.05) is 52.5 Å². The summed E-state index contributed by atoms with van der Waals surface area (Å²) in [7, 11) is -3.76. The highest BCUT2D eigenvalue weighted by molar-refractivity contribution is 7.89. The van der Waals surface area contributed by atoms with Crippen LogP contribution in [-0.4, -0.2) is 91.8 Å². The molecule has 9 nitrogen and oxygen atoms in total. The molecule has 0 aliphatic carbocycles. The van der Waals surface area contributed by atoms with Gasteiger partial charge in [0.15, 0.2) is 0 Å². The Labute approximate surface area is 171 Å². The second kappa shape index (κ2) is 8.45. The Kier molecular flexibility index (Phi) is 5.93. The summed E-state index contributed by atoms with van der Waals surface area (Å²) in [4.78, 5) is 31.7. The van der Waals surface area contributed by atoms with E-state index in [2.05, 4.69) is 4.98 Å². The molecule has 160 valence electrons. The van der Waals surface area contributed by atoms with E-state index in [1.807, 2.05) is 0 Å². The van der Waals surface area contributed by atoms with Crippen LogP contribution in [0.3, 0.4) is 0 Å². The molecule has 10 heteroatoms. The number of amides is 2. The number of hydrogen-bond donors (Lipinski definition) is 1. The van der Waals surface area contributed by atoms with Crippen LogP contribution in [-0.2, 0) is 19.6 Å². The summed E-state index contributed by atoms with van der Waals surface area (Å²) in [5.74, 6) is -0.489. The third kappa shape index (κ3) is 4.19. The summed E-state index contributed by atoms with van der Waals surface area (Å²) in [6, 6.07) is 1.42. The SMILES string of the molecule is O=C(c1cc(S(=O)(=O)N2CCCC(C(=O)N3CCOCC3)C2)c[nH]1)N1CCCC1. The predicted octanol–water partition coefficient (Wildman–Crippen LogP) is 0.510. The van der Waals surface area contributed by atoms with E-state index in [1.165, 1.54) is 16.6 Å². The molecule has 1 N–H and O–H groups in total.